The van der Waals surface area contributed by atoms with Crippen molar-refractivity contribution in [3.8, 4) is 11.5 Å². The predicted octanol–water partition coefficient (Wildman–Crippen LogP) is 3.54. The van der Waals surface area contributed by atoms with Crippen molar-refractivity contribution in [3.63, 3.8) is 0 Å². The van der Waals surface area contributed by atoms with Gasteiger partial charge in [-0.25, -0.2) is 4.79 Å². The standard InChI is InChI=1S/C18H18ClNO5/c1-11(17(21)20-13-6-4-5-12(19)9-13)25-18(22)15-10-14(23-2)7-8-16(15)24-3/h4-11H,1-3H3,(H,20,21)/t11-/m1/s1. The van der Waals surface area contributed by atoms with E-state index in [9.17, 15) is 9.59 Å². The number of esters is 1. The van der Waals surface area contributed by atoms with E-state index in [-0.39, 0.29) is 5.56 Å². The Kier molecular flexibility index (Phi) is 6.25. The Morgan fingerprint density at radius 2 is 1.84 bits per heavy atom. The molecule has 0 unspecified atom stereocenters. The highest BCUT2D eigenvalue weighted by molar-refractivity contribution is 6.30. The van der Waals surface area contributed by atoms with E-state index >= 15 is 0 Å². The number of amides is 1. The molecule has 0 saturated heterocycles. The highest BCUT2D eigenvalue weighted by atomic mass is 35.5. The Morgan fingerprint density at radius 3 is 2.48 bits per heavy atom. The van der Waals surface area contributed by atoms with Crippen LogP contribution < -0.4 is 14.8 Å². The van der Waals surface area contributed by atoms with Crippen molar-refractivity contribution in [3.05, 3.63) is 53.1 Å². The Hall–Kier alpha value is -2.73. The van der Waals surface area contributed by atoms with Crippen LogP contribution >= 0.6 is 11.6 Å². The minimum absolute atomic E-state index is 0.171. The third-order valence-corrected chi connectivity index (χ3v) is 3.61. The molecule has 0 bridgehead atoms. The zero-order valence-electron chi connectivity index (χ0n) is 14.0. The molecule has 0 saturated carbocycles. The third-order valence-electron chi connectivity index (χ3n) is 3.37. The van der Waals surface area contributed by atoms with Gasteiger partial charge in [0.15, 0.2) is 6.10 Å². The van der Waals surface area contributed by atoms with E-state index in [4.69, 9.17) is 25.8 Å². The van der Waals surface area contributed by atoms with E-state index in [0.717, 1.165) is 0 Å². The quantitative estimate of drug-likeness (QED) is 0.794. The molecule has 132 valence electrons. The Morgan fingerprint density at radius 1 is 1.08 bits per heavy atom. The topological polar surface area (TPSA) is 73.9 Å². The first-order valence-corrected chi connectivity index (χ1v) is 7.82. The molecular formula is C18H18ClNO5. The molecule has 1 amide bonds. The molecule has 0 aliphatic carbocycles. The summed E-state index contributed by atoms with van der Waals surface area (Å²) in [5.41, 5.74) is 0.684. The maximum absolute atomic E-state index is 12.4. The number of ether oxygens (including phenoxy) is 3. The molecule has 1 atom stereocenters. The van der Waals surface area contributed by atoms with Crippen molar-refractivity contribution >= 4 is 29.2 Å². The molecule has 6 nitrogen and oxygen atoms in total. The molecule has 0 fully saturated rings. The molecule has 7 heteroatoms. The van der Waals surface area contributed by atoms with Gasteiger partial charge in [0.2, 0.25) is 0 Å². The molecule has 1 N–H and O–H groups in total. The van der Waals surface area contributed by atoms with Crippen molar-refractivity contribution in [2.75, 3.05) is 19.5 Å². The summed E-state index contributed by atoms with van der Waals surface area (Å²) in [7, 11) is 2.92. The zero-order chi connectivity index (χ0) is 18.4. The number of methoxy groups -OCH3 is 2. The molecule has 0 aliphatic rings. The summed E-state index contributed by atoms with van der Waals surface area (Å²) in [5.74, 6) is -0.362. The lowest BCUT2D eigenvalue weighted by atomic mass is 10.2. The van der Waals surface area contributed by atoms with Gasteiger partial charge in [-0.05, 0) is 43.3 Å². The number of carbonyl (C=O) groups excluding carboxylic acids is 2. The Bertz CT molecular complexity index is 778. The van der Waals surface area contributed by atoms with E-state index < -0.39 is 18.0 Å². The lowest BCUT2D eigenvalue weighted by Gasteiger charge is -2.15. The second-order valence-electron chi connectivity index (χ2n) is 5.11. The van der Waals surface area contributed by atoms with E-state index in [0.29, 0.717) is 22.2 Å². The largest absolute Gasteiger partial charge is 0.497 e. The van der Waals surface area contributed by atoms with Crippen molar-refractivity contribution in [2.45, 2.75) is 13.0 Å². The van der Waals surface area contributed by atoms with Gasteiger partial charge in [-0.2, -0.15) is 0 Å². The molecule has 0 spiro atoms. The minimum Gasteiger partial charge on any atom is -0.497 e. The molecule has 0 aromatic heterocycles. The van der Waals surface area contributed by atoms with Gasteiger partial charge in [-0.15, -0.1) is 0 Å². The van der Waals surface area contributed by atoms with Gasteiger partial charge >= 0.3 is 5.97 Å². The number of halogens is 1. The van der Waals surface area contributed by atoms with Crippen molar-refractivity contribution in [1.82, 2.24) is 0 Å². The number of carbonyl (C=O) groups is 2. The van der Waals surface area contributed by atoms with Gasteiger partial charge in [0, 0.05) is 10.7 Å². The Balaban J connectivity index is 2.08. The number of hydrogen-bond acceptors (Lipinski definition) is 5. The van der Waals surface area contributed by atoms with Crippen molar-refractivity contribution < 1.29 is 23.8 Å². The van der Waals surface area contributed by atoms with Gasteiger partial charge in [0.25, 0.3) is 5.91 Å². The minimum atomic E-state index is -1.01. The summed E-state index contributed by atoms with van der Waals surface area (Å²) >= 11 is 5.87. The normalized spacial score (nSPS) is 11.4. The summed E-state index contributed by atoms with van der Waals surface area (Å²) in [6.07, 6.45) is -1.01. The van der Waals surface area contributed by atoms with Crippen LogP contribution in [0.1, 0.15) is 17.3 Å². The van der Waals surface area contributed by atoms with Crippen LogP contribution in [0, 0.1) is 0 Å². The lowest BCUT2D eigenvalue weighted by Crippen LogP contribution is -2.30. The Labute approximate surface area is 150 Å². The fourth-order valence-corrected chi connectivity index (χ4v) is 2.25. The summed E-state index contributed by atoms with van der Waals surface area (Å²) in [6, 6.07) is 11.4. The van der Waals surface area contributed by atoms with Crippen LogP contribution in [0.2, 0.25) is 5.02 Å². The fraction of sp³-hybridized carbons (Fsp3) is 0.222. The van der Waals surface area contributed by atoms with Crippen LogP contribution in [-0.2, 0) is 9.53 Å². The molecule has 2 aromatic carbocycles. The summed E-state index contributed by atoms with van der Waals surface area (Å²) in [5, 5.41) is 3.12. The summed E-state index contributed by atoms with van der Waals surface area (Å²) in [6.45, 7) is 1.48. The number of benzene rings is 2. The first-order chi connectivity index (χ1) is 11.9. The average Bonchev–Trinajstić information content (AvgIpc) is 2.60. The molecule has 2 rings (SSSR count). The molecule has 0 radical (unpaired) electrons. The third kappa shape index (κ3) is 4.87. The van der Waals surface area contributed by atoms with E-state index in [1.165, 1.54) is 27.2 Å². The maximum Gasteiger partial charge on any atom is 0.342 e. The number of hydrogen-bond donors (Lipinski definition) is 1. The maximum atomic E-state index is 12.4. The van der Waals surface area contributed by atoms with Crippen LogP contribution in [0.3, 0.4) is 0 Å². The average molecular weight is 364 g/mol. The van der Waals surface area contributed by atoms with E-state index in [1.54, 1.807) is 36.4 Å². The predicted molar refractivity (Wildman–Crippen MR) is 94.5 cm³/mol. The van der Waals surface area contributed by atoms with E-state index in [1.807, 2.05) is 0 Å². The number of nitrogens with one attached hydrogen (secondary N) is 1. The van der Waals surface area contributed by atoms with Crippen molar-refractivity contribution in [1.29, 1.82) is 0 Å². The van der Waals surface area contributed by atoms with Crippen molar-refractivity contribution in [2.24, 2.45) is 0 Å². The van der Waals surface area contributed by atoms with E-state index in [2.05, 4.69) is 5.32 Å². The highest BCUT2D eigenvalue weighted by Gasteiger charge is 2.22. The van der Waals surface area contributed by atoms with Crippen LogP contribution in [0.4, 0.5) is 5.69 Å². The number of anilines is 1. The fourth-order valence-electron chi connectivity index (χ4n) is 2.06. The lowest BCUT2D eigenvalue weighted by molar-refractivity contribution is -0.123. The molecule has 0 heterocycles. The van der Waals surface area contributed by atoms with Gasteiger partial charge in [-0.3, -0.25) is 4.79 Å². The molecule has 0 aliphatic heterocycles. The zero-order valence-corrected chi connectivity index (χ0v) is 14.8. The van der Waals surface area contributed by atoms with Gasteiger partial charge in [-0.1, -0.05) is 17.7 Å². The van der Waals surface area contributed by atoms with Crippen LogP contribution in [0.15, 0.2) is 42.5 Å². The smallest absolute Gasteiger partial charge is 0.342 e. The first-order valence-electron chi connectivity index (χ1n) is 7.44. The van der Waals surface area contributed by atoms with Crippen LogP contribution in [0.25, 0.3) is 0 Å². The van der Waals surface area contributed by atoms with Crippen LogP contribution in [0.5, 0.6) is 11.5 Å². The van der Waals surface area contributed by atoms with Crippen LogP contribution in [-0.4, -0.2) is 32.2 Å². The monoisotopic (exact) mass is 363 g/mol. The summed E-state index contributed by atoms with van der Waals surface area (Å²) < 4.78 is 15.5. The summed E-state index contributed by atoms with van der Waals surface area (Å²) in [4.78, 5) is 24.5. The van der Waals surface area contributed by atoms with Gasteiger partial charge in [0.1, 0.15) is 17.1 Å². The van der Waals surface area contributed by atoms with Gasteiger partial charge in [0.05, 0.1) is 14.2 Å². The molecular weight excluding hydrogens is 346 g/mol. The molecule has 25 heavy (non-hydrogen) atoms. The number of rotatable bonds is 6. The first kappa shape index (κ1) is 18.6. The highest BCUT2D eigenvalue weighted by Crippen LogP contribution is 2.25. The second kappa shape index (κ2) is 8.39. The molecule has 2 aromatic rings. The van der Waals surface area contributed by atoms with Gasteiger partial charge < -0.3 is 19.5 Å². The second-order valence-corrected chi connectivity index (χ2v) is 5.55. The SMILES string of the molecule is COc1ccc(OC)c(C(=O)O[C@H](C)C(=O)Nc2cccc(Cl)c2)c1.